The summed E-state index contributed by atoms with van der Waals surface area (Å²) in [6, 6.07) is 8.32. The maximum atomic E-state index is 12.0. The molecule has 1 aromatic carbocycles. The number of aromatic nitrogens is 2. The predicted octanol–water partition coefficient (Wildman–Crippen LogP) is 2.02. The van der Waals surface area contributed by atoms with Gasteiger partial charge in [0.15, 0.2) is 0 Å². The van der Waals surface area contributed by atoms with Gasteiger partial charge in [-0.2, -0.15) is 4.98 Å². The monoisotopic (exact) mass is 274 g/mol. The van der Waals surface area contributed by atoms with Gasteiger partial charge >= 0.3 is 12.0 Å². The predicted molar refractivity (Wildman–Crippen MR) is 71.3 cm³/mol. The largest absolute Gasteiger partial charge is 0.497 e. The number of carbonyl (C=O) groups is 1. The quantitative estimate of drug-likeness (QED) is 0.794. The second-order valence-electron chi connectivity index (χ2n) is 3.95. The Hall–Kier alpha value is -2.63. The fourth-order valence-electron chi connectivity index (χ4n) is 1.54. The number of methoxy groups -OCH3 is 2. The van der Waals surface area contributed by atoms with Crippen LogP contribution in [0.4, 0.5) is 0 Å². The molecule has 0 amide bonds. The molecule has 0 saturated carbocycles. The normalized spacial score (nSPS) is 9.95. The van der Waals surface area contributed by atoms with E-state index in [1.54, 1.807) is 44.4 Å². The van der Waals surface area contributed by atoms with Gasteiger partial charge in [-0.1, -0.05) is 0 Å². The van der Waals surface area contributed by atoms with Crippen molar-refractivity contribution in [1.82, 2.24) is 9.97 Å². The van der Waals surface area contributed by atoms with Crippen molar-refractivity contribution in [1.29, 1.82) is 0 Å². The van der Waals surface area contributed by atoms with Crippen LogP contribution in [-0.2, 0) is 0 Å². The van der Waals surface area contributed by atoms with E-state index in [4.69, 9.17) is 14.2 Å². The number of benzene rings is 1. The lowest BCUT2D eigenvalue weighted by atomic mass is 10.2. The molecule has 0 bridgehead atoms. The number of hydrogen-bond acceptors (Lipinski definition) is 6. The first-order chi connectivity index (χ1) is 9.62. The molecule has 0 unspecified atom stereocenters. The molecule has 0 saturated heterocycles. The number of aryl methyl sites for hydroxylation is 1. The van der Waals surface area contributed by atoms with Crippen LogP contribution >= 0.6 is 0 Å². The van der Waals surface area contributed by atoms with E-state index in [2.05, 4.69) is 9.97 Å². The fraction of sp³-hybridized carbons (Fsp3) is 0.214. The highest BCUT2D eigenvalue weighted by atomic mass is 16.5. The minimum Gasteiger partial charge on any atom is -0.497 e. The van der Waals surface area contributed by atoms with Crippen LogP contribution in [0.2, 0.25) is 0 Å². The van der Waals surface area contributed by atoms with Crippen LogP contribution < -0.4 is 14.2 Å². The Kier molecular flexibility index (Phi) is 4.14. The maximum absolute atomic E-state index is 12.0. The Morgan fingerprint density at radius 1 is 1.05 bits per heavy atom. The minimum atomic E-state index is -0.507. The summed E-state index contributed by atoms with van der Waals surface area (Å²) in [4.78, 5) is 19.9. The van der Waals surface area contributed by atoms with Gasteiger partial charge in [0.1, 0.15) is 5.75 Å². The third kappa shape index (κ3) is 3.23. The van der Waals surface area contributed by atoms with Gasteiger partial charge < -0.3 is 14.2 Å². The number of esters is 1. The van der Waals surface area contributed by atoms with Crippen LogP contribution in [0.15, 0.2) is 30.3 Å². The van der Waals surface area contributed by atoms with Crippen molar-refractivity contribution in [3.05, 3.63) is 41.6 Å². The average Bonchev–Trinajstić information content (AvgIpc) is 2.46. The smallest absolute Gasteiger partial charge is 0.344 e. The molecule has 6 nitrogen and oxygen atoms in total. The molecule has 1 aromatic heterocycles. The minimum absolute atomic E-state index is 0.148. The van der Waals surface area contributed by atoms with Crippen LogP contribution in [0.25, 0.3) is 0 Å². The molecule has 20 heavy (non-hydrogen) atoms. The van der Waals surface area contributed by atoms with Crippen LogP contribution in [0, 0.1) is 6.92 Å². The summed E-state index contributed by atoms with van der Waals surface area (Å²) in [6.07, 6.45) is 0. The standard InChI is InChI=1S/C14H14N2O4/c1-9-8-12(16-14(15-9)19-3)20-13(17)10-4-6-11(18-2)7-5-10/h4-8H,1-3H3. The number of ether oxygens (including phenoxy) is 3. The van der Waals surface area contributed by atoms with E-state index in [0.29, 0.717) is 17.0 Å². The summed E-state index contributed by atoms with van der Waals surface area (Å²) in [5, 5.41) is 0. The Morgan fingerprint density at radius 2 is 1.75 bits per heavy atom. The molecule has 0 spiro atoms. The summed E-state index contributed by atoms with van der Waals surface area (Å²) in [5.74, 6) is 0.309. The molecule has 6 heteroatoms. The first-order valence-corrected chi connectivity index (χ1v) is 5.88. The lowest BCUT2D eigenvalue weighted by Gasteiger charge is -2.06. The molecule has 104 valence electrons. The summed E-state index contributed by atoms with van der Waals surface area (Å²) in [7, 11) is 3.01. The summed E-state index contributed by atoms with van der Waals surface area (Å²) >= 11 is 0. The Labute approximate surface area is 116 Å². The van der Waals surface area contributed by atoms with Crippen molar-refractivity contribution in [3.63, 3.8) is 0 Å². The number of carbonyl (C=O) groups excluding carboxylic acids is 1. The Balaban J connectivity index is 2.16. The molecule has 0 atom stereocenters. The van der Waals surface area contributed by atoms with Gasteiger partial charge in [0.05, 0.1) is 19.8 Å². The van der Waals surface area contributed by atoms with Gasteiger partial charge in [-0.3, -0.25) is 0 Å². The lowest BCUT2D eigenvalue weighted by Crippen LogP contribution is -2.10. The van der Waals surface area contributed by atoms with E-state index in [1.165, 1.54) is 7.11 Å². The van der Waals surface area contributed by atoms with Crippen LogP contribution in [0.1, 0.15) is 16.1 Å². The molecule has 0 aliphatic heterocycles. The van der Waals surface area contributed by atoms with Gasteiger partial charge in [0.2, 0.25) is 5.88 Å². The maximum Gasteiger partial charge on any atom is 0.344 e. The van der Waals surface area contributed by atoms with Crippen molar-refractivity contribution in [2.45, 2.75) is 6.92 Å². The molecular formula is C14H14N2O4. The van der Waals surface area contributed by atoms with E-state index in [0.717, 1.165) is 0 Å². The Morgan fingerprint density at radius 3 is 2.35 bits per heavy atom. The van der Waals surface area contributed by atoms with Crippen molar-refractivity contribution < 1.29 is 19.0 Å². The van der Waals surface area contributed by atoms with Gasteiger partial charge in [0.25, 0.3) is 0 Å². The van der Waals surface area contributed by atoms with Gasteiger partial charge in [-0.25, -0.2) is 9.78 Å². The third-order valence-corrected chi connectivity index (χ3v) is 2.52. The number of hydrogen-bond donors (Lipinski definition) is 0. The first-order valence-electron chi connectivity index (χ1n) is 5.88. The SMILES string of the molecule is COc1ccc(C(=O)Oc2cc(C)nc(OC)n2)cc1. The second-order valence-corrected chi connectivity index (χ2v) is 3.95. The topological polar surface area (TPSA) is 70.5 Å². The van der Waals surface area contributed by atoms with Gasteiger partial charge in [-0.15, -0.1) is 0 Å². The highest BCUT2D eigenvalue weighted by Crippen LogP contribution is 2.16. The molecule has 2 aromatic rings. The van der Waals surface area contributed by atoms with Crippen molar-refractivity contribution >= 4 is 5.97 Å². The molecule has 0 N–H and O–H groups in total. The Bertz CT molecular complexity index is 611. The molecule has 2 rings (SSSR count). The van der Waals surface area contributed by atoms with E-state index in [-0.39, 0.29) is 11.9 Å². The number of nitrogens with zero attached hydrogens (tertiary/aromatic N) is 2. The zero-order valence-corrected chi connectivity index (χ0v) is 11.4. The van der Waals surface area contributed by atoms with E-state index < -0.39 is 5.97 Å². The van der Waals surface area contributed by atoms with Gasteiger partial charge in [-0.05, 0) is 31.2 Å². The fourth-order valence-corrected chi connectivity index (χ4v) is 1.54. The molecule has 0 aliphatic rings. The average molecular weight is 274 g/mol. The second kappa shape index (κ2) is 6.01. The summed E-state index contributed by atoms with van der Waals surface area (Å²) in [6.45, 7) is 1.76. The molecule has 1 heterocycles. The molecule has 0 fully saturated rings. The molecule has 0 aliphatic carbocycles. The van der Waals surface area contributed by atoms with Crippen LogP contribution in [0.5, 0.6) is 17.6 Å². The zero-order chi connectivity index (χ0) is 14.5. The van der Waals surface area contributed by atoms with E-state index in [9.17, 15) is 4.79 Å². The highest BCUT2D eigenvalue weighted by Gasteiger charge is 2.11. The van der Waals surface area contributed by atoms with Crippen LogP contribution in [-0.4, -0.2) is 30.2 Å². The molecular weight excluding hydrogens is 260 g/mol. The first kappa shape index (κ1) is 13.8. The molecule has 0 radical (unpaired) electrons. The van der Waals surface area contributed by atoms with Crippen molar-refractivity contribution in [2.75, 3.05) is 14.2 Å². The van der Waals surface area contributed by atoms with E-state index in [1.807, 2.05) is 0 Å². The number of rotatable bonds is 4. The van der Waals surface area contributed by atoms with E-state index >= 15 is 0 Å². The van der Waals surface area contributed by atoms with Crippen LogP contribution in [0.3, 0.4) is 0 Å². The van der Waals surface area contributed by atoms with Crippen molar-refractivity contribution in [2.24, 2.45) is 0 Å². The van der Waals surface area contributed by atoms with Gasteiger partial charge in [0, 0.05) is 11.8 Å². The zero-order valence-electron chi connectivity index (χ0n) is 11.4. The van der Waals surface area contributed by atoms with Crippen molar-refractivity contribution in [3.8, 4) is 17.6 Å². The third-order valence-electron chi connectivity index (χ3n) is 2.52. The highest BCUT2D eigenvalue weighted by molar-refractivity contribution is 5.90. The lowest BCUT2D eigenvalue weighted by molar-refractivity contribution is 0.0726. The summed E-state index contributed by atoms with van der Waals surface area (Å²) < 4.78 is 15.1. The summed E-state index contributed by atoms with van der Waals surface area (Å²) in [5.41, 5.74) is 1.05.